The molecule has 0 aromatic rings. The van der Waals surface area contributed by atoms with Gasteiger partial charge >= 0.3 is 11.9 Å². The number of esters is 2. The van der Waals surface area contributed by atoms with Crippen molar-refractivity contribution in [3.05, 3.63) is 12.2 Å². The molecule has 1 saturated heterocycles. The fraction of sp³-hybridized carbons (Fsp3) is 0.545. The van der Waals surface area contributed by atoms with Crippen LogP contribution < -0.4 is 5.32 Å². The first-order valence-corrected chi connectivity index (χ1v) is 5.21. The Labute approximate surface area is 99.0 Å². The van der Waals surface area contributed by atoms with Crippen LogP contribution in [-0.2, 0) is 23.9 Å². The number of nitrogens with one attached hydrogen (secondary N) is 1. The van der Waals surface area contributed by atoms with E-state index in [0.717, 1.165) is 0 Å². The van der Waals surface area contributed by atoms with Gasteiger partial charge in [-0.25, -0.2) is 4.79 Å². The molecule has 0 saturated carbocycles. The number of carbonyl (C=O) groups is 3. The molecule has 1 rings (SSSR count). The highest BCUT2D eigenvalue weighted by Crippen LogP contribution is 2.17. The van der Waals surface area contributed by atoms with Gasteiger partial charge in [0.15, 0.2) is 0 Å². The summed E-state index contributed by atoms with van der Waals surface area (Å²) in [5.74, 6) is -1.81. The average molecular weight is 241 g/mol. The Morgan fingerprint density at radius 2 is 2.24 bits per heavy atom. The molecule has 1 aliphatic heterocycles. The Morgan fingerprint density at radius 1 is 1.59 bits per heavy atom. The topological polar surface area (TPSA) is 81.7 Å². The van der Waals surface area contributed by atoms with Gasteiger partial charge in [-0.15, -0.1) is 0 Å². The van der Waals surface area contributed by atoms with Crippen LogP contribution in [0.1, 0.15) is 13.8 Å². The third-order valence-corrected chi connectivity index (χ3v) is 2.28. The number of carbonyl (C=O) groups excluding carboxylic acids is 3. The molecule has 1 heterocycles. The third-order valence-electron chi connectivity index (χ3n) is 2.28. The maximum absolute atomic E-state index is 11.3. The van der Waals surface area contributed by atoms with Crippen LogP contribution >= 0.6 is 0 Å². The minimum absolute atomic E-state index is 0.164. The average Bonchev–Trinajstić information content (AvgIpc) is 2.57. The van der Waals surface area contributed by atoms with Crippen LogP contribution in [0.25, 0.3) is 0 Å². The smallest absolute Gasteiger partial charge is 0.347 e. The standard InChI is InChI=1S/C11H15NO5/c1-6(2)10(14)12-4-8(13)17-9-7(3)5-16-11(9)15/h7,9H,1,4-5H2,2-3H3,(H,12,14). The van der Waals surface area contributed by atoms with E-state index in [4.69, 9.17) is 9.47 Å². The number of hydrogen-bond acceptors (Lipinski definition) is 5. The maximum atomic E-state index is 11.3. The molecule has 1 fully saturated rings. The zero-order chi connectivity index (χ0) is 13.0. The summed E-state index contributed by atoms with van der Waals surface area (Å²) >= 11 is 0. The second-order valence-electron chi connectivity index (χ2n) is 3.98. The monoisotopic (exact) mass is 241 g/mol. The summed E-state index contributed by atoms with van der Waals surface area (Å²) < 4.78 is 9.63. The molecule has 94 valence electrons. The summed E-state index contributed by atoms with van der Waals surface area (Å²) in [7, 11) is 0. The third kappa shape index (κ3) is 3.58. The SMILES string of the molecule is C=C(C)C(=O)NCC(=O)OC1C(=O)OCC1C. The van der Waals surface area contributed by atoms with Crippen LogP contribution in [0, 0.1) is 5.92 Å². The number of amides is 1. The van der Waals surface area contributed by atoms with Crippen molar-refractivity contribution in [3.8, 4) is 0 Å². The Bertz CT molecular complexity index is 363. The molecule has 0 aromatic carbocycles. The molecule has 2 atom stereocenters. The first-order valence-electron chi connectivity index (χ1n) is 5.21. The number of ether oxygens (including phenoxy) is 2. The fourth-order valence-corrected chi connectivity index (χ4v) is 1.27. The molecule has 0 bridgehead atoms. The van der Waals surface area contributed by atoms with E-state index in [1.165, 1.54) is 6.92 Å². The Hall–Kier alpha value is -1.85. The lowest BCUT2D eigenvalue weighted by atomic mass is 10.1. The molecule has 0 aromatic heterocycles. The van der Waals surface area contributed by atoms with Crippen molar-refractivity contribution in [2.45, 2.75) is 20.0 Å². The summed E-state index contributed by atoms with van der Waals surface area (Å²) in [5.41, 5.74) is 0.298. The highest BCUT2D eigenvalue weighted by molar-refractivity contribution is 5.94. The van der Waals surface area contributed by atoms with E-state index in [0.29, 0.717) is 5.57 Å². The first-order chi connectivity index (χ1) is 7.91. The Balaban J connectivity index is 2.37. The van der Waals surface area contributed by atoms with Gasteiger partial charge in [-0.1, -0.05) is 13.5 Å². The van der Waals surface area contributed by atoms with Gasteiger partial charge in [0, 0.05) is 11.5 Å². The van der Waals surface area contributed by atoms with Crippen molar-refractivity contribution in [2.24, 2.45) is 5.92 Å². The van der Waals surface area contributed by atoms with Gasteiger partial charge in [0.1, 0.15) is 6.54 Å². The highest BCUT2D eigenvalue weighted by Gasteiger charge is 2.37. The second kappa shape index (κ2) is 5.47. The molecule has 1 N–H and O–H groups in total. The van der Waals surface area contributed by atoms with Gasteiger partial charge in [-0.2, -0.15) is 0 Å². The molecule has 0 spiro atoms. The van der Waals surface area contributed by atoms with Crippen LogP contribution in [0.15, 0.2) is 12.2 Å². The number of hydrogen-bond donors (Lipinski definition) is 1. The molecule has 6 heteroatoms. The van der Waals surface area contributed by atoms with Crippen molar-refractivity contribution in [2.75, 3.05) is 13.2 Å². The molecule has 17 heavy (non-hydrogen) atoms. The van der Waals surface area contributed by atoms with E-state index in [-0.39, 0.29) is 19.1 Å². The van der Waals surface area contributed by atoms with Crippen LogP contribution in [0.2, 0.25) is 0 Å². The quantitative estimate of drug-likeness (QED) is 0.543. The predicted molar refractivity (Wildman–Crippen MR) is 57.8 cm³/mol. The Kier molecular flexibility index (Phi) is 4.25. The van der Waals surface area contributed by atoms with Crippen LogP contribution in [0.5, 0.6) is 0 Å². The van der Waals surface area contributed by atoms with E-state index in [9.17, 15) is 14.4 Å². The van der Waals surface area contributed by atoms with E-state index >= 15 is 0 Å². The molecular formula is C11H15NO5. The largest absolute Gasteiger partial charge is 0.462 e. The number of cyclic esters (lactones) is 1. The van der Waals surface area contributed by atoms with Crippen molar-refractivity contribution in [1.29, 1.82) is 0 Å². The first kappa shape index (κ1) is 13.2. The fourth-order valence-electron chi connectivity index (χ4n) is 1.27. The minimum Gasteiger partial charge on any atom is -0.462 e. The van der Waals surface area contributed by atoms with Crippen LogP contribution in [0.4, 0.5) is 0 Å². The lowest BCUT2D eigenvalue weighted by Crippen LogP contribution is -2.35. The maximum Gasteiger partial charge on any atom is 0.347 e. The second-order valence-corrected chi connectivity index (χ2v) is 3.98. The normalized spacial score (nSPS) is 22.8. The van der Waals surface area contributed by atoms with Gasteiger partial charge in [0.25, 0.3) is 0 Å². The lowest BCUT2D eigenvalue weighted by molar-refractivity contribution is -0.160. The lowest BCUT2D eigenvalue weighted by Gasteiger charge is -2.12. The molecule has 1 amide bonds. The van der Waals surface area contributed by atoms with Gasteiger partial charge < -0.3 is 14.8 Å². The van der Waals surface area contributed by atoms with E-state index in [2.05, 4.69) is 11.9 Å². The van der Waals surface area contributed by atoms with E-state index in [1.807, 2.05) is 0 Å². The Morgan fingerprint density at radius 3 is 2.71 bits per heavy atom. The number of rotatable bonds is 4. The molecule has 1 aliphatic rings. The molecule has 0 aliphatic carbocycles. The summed E-state index contributed by atoms with van der Waals surface area (Å²) in [6, 6.07) is 0. The van der Waals surface area contributed by atoms with Crippen molar-refractivity contribution in [3.63, 3.8) is 0 Å². The predicted octanol–water partition coefficient (Wildman–Crippen LogP) is -0.217. The summed E-state index contributed by atoms with van der Waals surface area (Å²) in [6.45, 7) is 6.65. The molecule has 2 unspecified atom stereocenters. The van der Waals surface area contributed by atoms with Crippen molar-refractivity contribution < 1.29 is 23.9 Å². The van der Waals surface area contributed by atoms with Crippen LogP contribution in [-0.4, -0.2) is 37.1 Å². The van der Waals surface area contributed by atoms with Gasteiger partial charge in [0.05, 0.1) is 6.61 Å². The highest BCUT2D eigenvalue weighted by atomic mass is 16.6. The summed E-state index contributed by atoms with van der Waals surface area (Å²) in [6.07, 6.45) is -0.871. The molecular weight excluding hydrogens is 226 g/mol. The van der Waals surface area contributed by atoms with E-state index < -0.39 is 23.9 Å². The summed E-state index contributed by atoms with van der Waals surface area (Å²) in [5, 5.41) is 2.32. The van der Waals surface area contributed by atoms with Gasteiger partial charge in [-0.3, -0.25) is 9.59 Å². The van der Waals surface area contributed by atoms with Crippen molar-refractivity contribution >= 4 is 17.8 Å². The van der Waals surface area contributed by atoms with Crippen molar-refractivity contribution in [1.82, 2.24) is 5.32 Å². The van der Waals surface area contributed by atoms with E-state index in [1.54, 1.807) is 6.92 Å². The zero-order valence-corrected chi connectivity index (χ0v) is 9.82. The van der Waals surface area contributed by atoms with Gasteiger partial charge in [-0.05, 0) is 6.92 Å². The summed E-state index contributed by atoms with van der Waals surface area (Å²) in [4.78, 5) is 33.6. The van der Waals surface area contributed by atoms with Gasteiger partial charge in [0.2, 0.25) is 12.0 Å². The molecule has 0 radical (unpaired) electrons. The minimum atomic E-state index is -0.871. The zero-order valence-electron chi connectivity index (χ0n) is 9.82. The van der Waals surface area contributed by atoms with Crippen LogP contribution in [0.3, 0.4) is 0 Å². The molecule has 6 nitrogen and oxygen atoms in total.